The maximum atomic E-state index is 10.6. The number of benzene rings is 4. The van der Waals surface area contributed by atoms with E-state index in [9.17, 15) is 9.90 Å². The van der Waals surface area contributed by atoms with E-state index in [4.69, 9.17) is 4.42 Å². The zero-order valence-corrected chi connectivity index (χ0v) is 30.2. The van der Waals surface area contributed by atoms with E-state index in [1.165, 1.54) is 30.0 Å². The van der Waals surface area contributed by atoms with Crippen molar-refractivity contribution in [2.75, 3.05) is 0 Å². The van der Waals surface area contributed by atoms with Gasteiger partial charge in [0.05, 0.1) is 0 Å². The van der Waals surface area contributed by atoms with Crippen LogP contribution in [-0.2, 0) is 16.2 Å². The minimum atomic E-state index is -1.84. The molecule has 0 radical (unpaired) electrons. The van der Waals surface area contributed by atoms with Gasteiger partial charge in [-0.3, -0.25) is 0 Å². The Morgan fingerprint density at radius 2 is 0.932 bits per heavy atom. The monoisotopic (exact) mass is 694 g/mol. The van der Waals surface area contributed by atoms with E-state index in [1.54, 1.807) is 19.1 Å². The van der Waals surface area contributed by atoms with E-state index >= 15 is 0 Å². The Labute approximate surface area is 271 Å². The molecule has 0 amide bonds. The van der Waals surface area contributed by atoms with E-state index in [0.717, 1.165) is 5.39 Å². The van der Waals surface area contributed by atoms with Gasteiger partial charge in [-0.2, -0.15) is 0 Å². The molecule has 0 N–H and O–H groups in total. The molecule has 1 heterocycles. The minimum Gasteiger partial charge on any atom is -0.542 e. The molecule has 44 heavy (non-hydrogen) atoms. The summed E-state index contributed by atoms with van der Waals surface area (Å²) in [5.74, 6) is -1.35. The first-order valence-electron chi connectivity index (χ1n) is 15.5. The molecule has 5 rings (SSSR count). The number of aryl methyl sites for hydroxylation is 1. The summed E-state index contributed by atoms with van der Waals surface area (Å²) in [5.41, 5.74) is 6.37. The number of carboxylic acid groups (broad SMARTS) is 1. The van der Waals surface area contributed by atoms with E-state index < -0.39 is 25.7 Å². The first kappa shape index (κ1) is 33.6. The largest absolute Gasteiger partial charge is 0.542 e. The fourth-order valence-electron chi connectivity index (χ4n) is 6.41. The average molecular weight is 694 g/mol. The second-order valence-electron chi connectivity index (χ2n) is 13.9. The molecule has 5 aromatic rings. The molecule has 228 valence electrons. The molecule has 0 saturated heterocycles. The van der Waals surface area contributed by atoms with E-state index in [1.807, 2.05) is 12.1 Å². The smallest absolute Gasteiger partial charge is 0.153 e. The Kier molecular flexibility index (Phi) is 10.8. The minimum absolute atomic E-state index is 0.0822. The number of carbonyl (C=O) groups is 1. The third-order valence-corrected chi connectivity index (χ3v) is 20.6. The predicted molar refractivity (Wildman–Crippen MR) is 184 cm³/mol. The van der Waals surface area contributed by atoms with Gasteiger partial charge in [0, 0.05) is 10.9 Å². The number of hydrogen-bond acceptors (Lipinski definition) is 3. The van der Waals surface area contributed by atoms with Crippen LogP contribution in [0.1, 0.15) is 74.4 Å². The molecular weight excluding hydrogens is 647 g/mol. The van der Waals surface area contributed by atoms with Gasteiger partial charge in [0.15, 0.2) is 5.76 Å². The van der Waals surface area contributed by atoms with Crippen molar-refractivity contribution in [3.8, 4) is 0 Å². The molecule has 4 heteroatoms. The van der Waals surface area contributed by atoms with Gasteiger partial charge in [0.2, 0.25) is 0 Å². The third kappa shape index (κ3) is 8.44. The first-order chi connectivity index (χ1) is 20.8. The van der Waals surface area contributed by atoms with Crippen molar-refractivity contribution in [1.29, 1.82) is 0 Å². The number of carboxylic acids is 1. The Bertz CT molecular complexity index is 1510. The zero-order chi connectivity index (χ0) is 32.0. The Hall–Kier alpha value is -3.31. The van der Waals surface area contributed by atoms with Gasteiger partial charge in [-0.15, -0.1) is 0 Å². The van der Waals surface area contributed by atoms with Crippen LogP contribution in [0, 0.1) is 6.92 Å². The van der Waals surface area contributed by atoms with Crippen LogP contribution in [0.4, 0.5) is 0 Å². The molecule has 0 atom stereocenters. The topological polar surface area (TPSA) is 53.3 Å². The molecule has 0 fully saturated rings. The van der Waals surface area contributed by atoms with Crippen LogP contribution in [0.3, 0.4) is 0 Å². The summed E-state index contributed by atoms with van der Waals surface area (Å²) >= 11 is -1.84. The second kappa shape index (κ2) is 14.2. The van der Waals surface area contributed by atoms with Gasteiger partial charge in [0.25, 0.3) is 0 Å². The summed E-state index contributed by atoms with van der Waals surface area (Å²) in [4.78, 5) is 10.6. The van der Waals surface area contributed by atoms with E-state index in [0.29, 0.717) is 11.1 Å². The number of aromatic carboxylic acids is 1. The van der Waals surface area contributed by atoms with Crippen molar-refractivity contribution >= 4 is 36.7 Å². The molecule has 0 aliphatic carbocycles. The van der Waals surface area contributed by atoms with Gasteiger partial charge >= 0.3 is 199 Å². The van der Waals surface area contributed by atoms with Crippen LogP contribution in [-0.4, -0.2) is 25.7 Å². The molecule has 0 bridgehead atoms. The summed E-state index contributed by atoms with van der Waals surface area (Å²) in [6.07, 6.45) is 0. The van der Waals surface area contributed by atoms with E-state index in [2.05, 4.69) is 133 Å². The third-order valence-electron chi connectivity index (χ3n) is 8.77. The number of para-hydroxylation sites is 1. The van der Waals surface area contributed by atoms with Gasteiger partial charge in [-0.05, 0) is 13.0 Å². The molecule has 0 aliphatic rings. The molecule has 0 spiro atoms. The fraction of sp³-hybridized carbons (Fsp3) is 0.325. The number of rotatable bonds is 10. The maximum absolute atomic E-state index is 10.6. The zero-order valence-electron chi connectivity index (χ0n) is 27.3. The van der Waals surface area contributed by atoms with Crippen molar-refractivity contribution in [2.24, 2.45) is 0 Å². The van der Waals surface area contributed by atoms with Gasteiger partial charge < -0.3 is 14.3 Å². The molecule has 0 aliphatic heterocycles. The van der Waals surface area contributed by atoms with Gasteiger partial charge in [0.1, 0.15) is 11.6 Å². The quantitative estimate of drug-likeness (QED) is 0.137. The first-order valence-corrected chi connectivity index (χ1v) is 21.6. The van der Waals surface area contributed by atoms with Crippen molar-refractivity contribution in [1.82, 2.24) is 0 Å². The molecule has 0 saturated carbocycles. The van der Waals surface area contributed by atoms with Crippen LogP contribution in [0.15, 0.2) is 120 Å². The average Bonchev–Trinajstić information content (AvgIpc) is 3.35. The van der Waals surface area contributed by atoms with Crippen LogP contribution < -0.4 is 5.11 Å². The number of furan rings is 1. The number of hydrogen-bond donors (Lipinski definition) is 0. The summed E-state index contributed by atoms with van der Waals surface area (Å²) in [7, 11) is 0. The normalized spacial score (nSPS) is 12.0. The molecule has 4 aromatic carbocycles. The molecule has 3 nitrogen and oxygen atoms in total. The molecular formula is C40H46O3Sn. The van der Waals surface area contributed by atoms with Crippen LogP contribution in [0.5, 0.6) is 0 Å². The standard InChI is InChI=1S/C10H8O3.3C10H13.Sn/c1-6-7-4-2-3-5-8(7)13-9(6)10(11)12;3*1-10(2,3)9-7-5-4-6-8-9;/h2-5H,1H3,(H,11,12);3*4-8H,1H2,2-3H3;/q;;;;+1/p-1. The number of carbonyl (C=O) groups excluding carboxylic acids is 1. The van der Waals surface area contributed by atoms with Crippen LogP contribution in [0.2, 0.25) is 13.3 Å². The predicted octanol–water partition coefficient (Wildman–Crippen LogP) is 9.52. The maximum Gasteiger partial charge on any atom is 0.153 e. The number of fused-ring (bicyclic) bond motifs is 1. The van der Waals surface area contributed by atoms with Gasteiger partial charge in [-0.25, -0.2) is 0 Å². The molecule has 1 aromatic heterocycles. The van der Waals surface area contributed by atoms with Crippen molar-refractivity contribution in [3.05, 3.63) is 143 Å². The summed E-state index contributed by atoms with van der Waals surface area (Å²) in [6, 6.07) is 40.7. The summed E-state index contributed by atoms with van der Waals surface area (Å²) in [5, 5.41) is 11.4. The SMILES string of the molecule is CC(C)([CH2][Sn+]([CH2]C(C)(C)c1ccccc1)[CH2]C(C)(C)c1ccccc1)c1ccccc1.Cc1c(C(=O)[O-])oc2ccccc12. The van der Waals surface area contributed by atoms with Crippen LogP contribution >= 0.6 is 0 Å². The van der Waals surface area contributed by atoms with E-state index in [-0.39, 0.29) is 22.0 Å². The van der Waals surface area contributed by atoms with Crippen molar-refractivity contribution in [3.63, 3.8) is 0 Å². The Balaban J connectivity index is 0.000000281. The Morgan fingerprint density at radius 3 is 1.27 bits per heavy atom. The van der Waals surface area contributed by atoms with Gasteiger partial charge in [-0.1, -0.05) is 18.2 Å². The second-order valence-corrected chi connectivity index (χ2v) is 21.2. The Morgan fingerprint density at radius 1 is 0.591 bits per heavy atom. The molecule has 0 unspecified atom stereocenters. The van der Waals surface area contributed by atoms with Crippen molar-refractivity contribution < 1.29 is 14.3 Å². The summed E-state index contributed by atoms with van der Waals surface area (Å²) < 4.78 is 9.24. The van der Waals surface area contributed by atoms with Crippen molar-refractivity contribution in [2.45, 2.75) is 78.0 Å². The van der Waals surface area contributed by atoms with Crippen LogP contribution in [0.25, 0.3) is 11.0 Å². The summed E-state index contributed by atoms with van der Waals surface area (Å²) in [6.45, 7) is 16.5. The fourth-order valence-corrected chi connectivity index (χ4v) is 19.9.